The summed E-state index contributed by atoms with van der Waals surface area (Å²) in [5, 5.41) is 7.32. The normalized spacial score (nSPS) is 16.0. The zero-order valence-electron chi connectivity index (χ0n) is 19.9. The van der Waals surface area contributed by atoms with E-state index in [9.17, 15) is 4.79 Å². The second-order valence-corrected chi connectivity index (χ2v) is 10.5. The Bertz CT molecular complexity index is 1450. The van der Waals surface area contributed by atoms with Gasteiger partial charge in [-0.15, -0.1) is 0 Å². The minimum absolute atomic E-state index is 0.00728. The van der Waals surface area contributed by atoms with E-state index in [1.807, 2.05) is 9.36 Å². The predicted octanol–water partition coefficient (Wildman–Crippen LogP) is 4.60. The van der Waals surface area contributed by atoms with Gasteiger partial charge in [0.15, 0.2) is 5.65 Å². The summed E-state index contributed by atoms with van der Waals surface area (Å²) in [7, 11) is 0. The predicted molar refractivity (Wildman–Crippen MR) is 135 cm³/mol. The van der Waals surface area contributed by atoms with E-state index >= 15 is 0 Å². The minimum atomic E-state index is -0.0218. The van der Waals surface area contributed by atoms with E-state index in [-0.39, 0.29) is 17.0 Å². The van der Waals surface area contributed by atoms with E-state index in [0.29, 0.717) is 17.0 Å². The van der Waals surface area contributed by atoms with E-state index in [2.05, 4.69) is 78.9 Å². The van der Waals surface area contributed by atoms with Gasteiger partial charge in [-0.1, -0.05) is 39.0 Å². The van der Waals surface area contributed by atoms with Crippen LogP contribution in [0.3, 0.4) is 0 Å². The highest BCUT2D eigenvalue weighted by Crippen LogP contribution is 2.36. The maximum Gasteiger partial charge on any atom is 0.278 e. The molecule has 0 atom stereocenters. The Morgan fingerprint density at radius 2 is 1.94 bits per heavy atom. The standard InChI is InChI=1S/C27H30N6O/c1-27(2,3)19-5-4-6-22(14-19)32-24-23(25(34)33(32)21-9-10-21)16-29-26(31-24)30-20-8-7-18-15-28-12-11-17(18)13-20/h4-8,13-14,16,21,28H,9-12,15H2,1-3H3,(H,29,30,31). The van der Waals surface area contributed by atoms with Crippen LogP contribution in [-0.4, -0.2) is 25.9 Å². The van der Waals surface area contributed by atoms with Gasteiger partial charge in [0.2, 0.25) is 5.95 Å². The minimum Gasteiger partial charge on any atom is -0.324 e. The first-order valence-corrected chi connectivity index (χ1v) is 12.1. The lowest BCUT2D eigenvalue weighted by molar-refractivity contribution is 0.555. The lowest BCUT2D eigenvalue weighted by Gasteiger charge is -2.21. The van der Waals surface area contributed by atoms with Gasteiger partial charge >= 0.3 is 0 Å². The molecule has 1 saturated carbocycles. The second kappa shape index (κ2) is 7.81. The molecular weight excluding hydrogens is 424 g/mol. The Morgan fingerprint density at radius 3 is 2.74 bits per heavy atom. The lowest BCUT2D eigenvalue weighted by Crippen LogP contribution is -2.23. The molecule has 7 heteroatoms. The lowest BCUT2D eigenvalue weighted by atomic mass is 9.87. The molecule has 34 heavy (non-hydrogen) atoms. The highest BCUT2D eigenvalue weighted by molar-refractivity contribution is 5.77. The highest BCUT2D eigenvalue weighted by Gasteiger charge is 2.31. The van der Waals surface area contributed by atoms with E-state index in [1.165, 1.54) is 16.7 Å². The summed E-state index contributed by atoms with van der Waals surface area (Å²) in [6.07, 6.45) is 4.70. The summed E-state index contributed by atoms with van der Waals surface area (Å²) in [5.41, 5.74) is 6.45. The van der Waals surface area contributed by atoms with Crippen LogP contribution in [-0.2, 0) is 18.4 Å². The third-order valence-electron chi connectivity index (χ3n) is 6.82. The first-order valence-electron chi connectivity index (χ1n) is 12.1. The molecule has 0 unspecified atom stereocenters. The summed E-state index contributed by atoms with van der Waals surface area (Å²) in [6.45, 7) is 8.51. The fourth-order valence-electron chi connectivity index (χ4n) is 4.74. The molecule has 7 nitrogen and oxygen atoms in total. The van der Waals surface area contributed by atoms with Crippen LogP contribution in [0.15, 0.2) is 53.5 Å². The SMILES string of the molecule is CC(C)(C)c1cccc(-n2c3nc(Nc4ccc5c(c4)CCNC5)ncc3c(=O)n2C2CC2)c1. The van der Waals surface area contributed by atoms with Gasteiger partial charge in [-0.2, -0.15) is 4.98 Å². The summed E-state index contributed by atoms with van der Waals surface area (Å²) in [6, 6.07) is 15.0. The summed E-state index contributed by atoms with van der Waals surface area (Å²) >= 11 is 0. The van der Waals surface area contributed by atoms with Crippen LogP contribution in [0.2, 0.25) is 0 Å². The number of nitrogens with zero attached hydrogens (tertiary/aromatic N) is 4. The van der Waals surface area contributed by atoms with Gasteiger partial charge in [-0.25, -0.2) is 14.3 Å². The molecule has 2 aliphatic rings. The van der Waals surface area contributed by atoms with E-state index in [0.717, 1.165) is 43.7 Å². The molecular formula is C27H30N6O. The third kappa shape index (κ3) is 3.70. The van der Waals surface area contributed by atoms with Gasteiger partial charge in [-0.05, 0) is 72.2 Å². The van der Waals surface area contributed by atoms with Crippen molar-refractivity contribution in [2.45, 2.75) is 58.0 Å². The Morgan fingerprint density at radius 1 is 1.09 bits per heavy atom. The van der Waals surface area contributed by atoms with Gasteiger partial charge in [-0.3, -0.25) is 4.79 Å². The van der Waals surface area contributed by atoms with Crippen molar-refractivity contribution in [1.29, 1.82) is 0 Å². The van der Waals surface area contributed by atoms with Crippen molar-refractivity contribution in [1.82, 2.24) is 24.6 Å². The zero-order chi connectivity index (χ0) is 23.4. The number of hydrogen-bond acceptors (Lipinski definition) is 5. The van der Waals surface area contributed by atoms with Crippen LogP contribution in [0.4, 0.5) is 11.6 Å². The molecule has 4 aromatic rings. The first-order chi connectivity index (χ1) is 16.4. The van der Waals surface area contributed by atoms with Crippen molar-refractivity contribution < 1.29 is 0 Å². The molecule has 2 N–H and O–H groups in total. The number of aromatic nitrogens is 4. The van der Waals surface area contributed by atoms with Crippen molar-refractivity contribution in [3.8, 4) is 5.69 Å². The molecule has 0 spiro atoms. The smallest absolute Gasteiger partial charge is 0.278 e. The Hall–Kier alpha value is -3.45. The van der Waals surface area contributed by atoms with Crippen LogP contribution in [0, 0.1) is 0 Å². The van der Waals surface area contributed by atoms with Gasteiger partial charge in [0.1, 0.15) is 5.39 Å². The molecule has 3 heterocycles. The number of fused-ring (bicyclic) bond motifs is 2. The van der Waals surface area contributed by atoms with Crippen molar-refractivity contribution in [2.75, 3.05) is 11.9 Å². The van der Waals surface area contributed by atoms with Crippen molar-refractivity contribution in [3.05, 3.63) is 75.7 Å². The molecule has 0 saturated heterocycles. The molecule has 1 aliphatic carbocycles. The van der Waals surface area contributed by atoms with Crippen LogP contribution >= 0.6 is 0 Å². The van der Waals surface area contributed by atoms with Crippen LogP contribution in [0.1, 0.15) is 56.3 Å². The first kappa shape index (κ1) is 21.1. The van der Waals surface area contributed by atoms with Crippen LogP contribution < -0.4 is 16.2 Å². The quantitative estimate of drug-likeness (QED) is 0.471. The zero-order valence-corrected chi connectivity index (χ0v) is 19.9. The molecule has 6 rings (SSSR count). The van der Waals surface area contributed by atoms with Gasteiger partial charge in [0.05, 0.1) is 11.7 Å². The maximum absolute atomic E-state index is 13.4. The molecule has 0 amide bonds. The summed E-state index contributed by atoms with van der Waals surface area (Å²) < 4.78 is 3.87. The van der Waals surface area contributed by atoms with E-state index < -0.39 is 0 Å². The number of benzene rings is 2. The fourth-order valence-corrected chi connectivity index (χ4v) is 4.74. The van der Waals surface area contributed by atoms with Crippen molar-refractivity contribution >= 4 is 22.7 Å². The van der Waals surface area contributed by atoms with Crippen LogP contribution in [0.25, 0.3) is 16.7 Å². The summed E-state index contributed by atoms with van der Waals surface area (Å²) in [5.74, 6) is 0.495. The molecule has 1 fully saturated rings. The Labute approximate surface area is 198 Å². The number of nitrogens with one attached hydrogen (secondary N) is 2. The number of rotatable bonds is 4. The topological polar surface area (TPSA) is 76.8 Å². The molecule has 2 aromatic carbocycles. The highest BCUT2D eigenvalue weighted by atomic mass is 16.1. The number of anilines is 2. The van der Waals surface area contributed by atoms with Crippen molar-refractivity contribution in [2.24, 2.45) is 0 Å². The molecule has 1 aliphatic heterocycles. The third-order valence-corrected chi connectivity index (χ3v) is 6.82. The average Bonchev–Trinajstić information content (AvgIpc) is 3.62. The summed E-state index contributed by atoms with van der Waals surface area (Å²) in [4.78, 5) is 22.7. The molecule has 0 radical (unpaired) electrons. The monoisotopic (exact) mass is 454 g/mol. The van der Waals surface area contributed by atoms with Gasteiger partial charge < -0.3 is 10.6 Å². The second-order valence-electron chi connectivity index (χ2n) is 10.5. The van der Waals surface area contributed by atoms with Crippen LogP contribution in [0.5, 0.6) is 0 Å². The fraction of sp³-hybridized carbons (Fsp3) is 0.370. The van der Waals surface area contributed by atoms with Crippen molar-refractivity contribution in [3.63, 3.8) is 0 Å². The molecule has 174 valence electrons. The Kier molecular flexibility index (Phi) is 4.85. The van der Waals surface area contributed by atoms with Gasteiger partial charge in [0, 0.05) is 18.4 Å². The molecule has 0 bridgehead atoms. The Balaban J connectivity index is 1.46. The number of hydrogen-bond donors (Lipinski definition) is 2. The maximum atomic E-state index is 13.4. The van der Waals surface area contributed by atoms with Gasteiger partial charge in [0.25, 0.3) is 5.56 Å². The molecule has 2 aromatic heterocycles. The van der Waals surface area contributed by atoms with E-state index in [4.69, 9.17) is 4.98 Å². The average molecular weight is 455 g/mol. The largest absolute Gasteiger partial charge is 0.324 e. The van der Waals surface area contributed by atoms with E-state index in [1.54, 1.807) is 6.20 Å².